The highest BCUT2D eigenvalue weighted by Gasteiger charge is 2.27. The van der Waals surface area contributed by atoms with Crippen molar-refractivity contribution < 1.29 is 4.42 Å². The smallest absolute Gasteiger partial charge is 0.143 e. The van der Waals surface area contributed by atoms with E-state index in [9.17, 15) is 0 Å². The molecule has 0 spiro atoms. The Balaban J connectivity index is 1.21. The molecule has 0 radical (unpaired) electrons. The van der Waals surface area contributed by atoms with Crippen molar-refractivity contribution >= 4 is 49.8 Å². The molecule has 2 heteroatoms. The topological polar surface area (TPSA) is 16.4 Å². The minimum Gasteiger partial charge on any atom is -0.455 e. The second kappa shape index (κ2) is 15.5. The molecule has 11 rings (SSSR count). The van der Waals surface area contributed by atoms with Crippen LogP contribution in [0.4, 0.5) is 17.1 Å². The van der Waals surface area contributed by atoms with Crippen LogP contribution in [0.2, 0.25) is 0 Å². The Hall–Kier alpha value is -7.16. The SMILES string of the molecule is c1ccc(-c2ccc(N(c3ccccc3-c3cccc4c3oc3ccccc34)c3ccccc3-c3cccc4cccc(C5CCCCC5)c34)c(-c3ccccc3)c2)cc1. The zero-order valence-corrected chi connectivity index (χ0v) is 33.6. The van der Waals surface area contributed by atoms with E-state index in [0.717, 1.165) is 61.3 Å². The second-order valence-electron chi connectivity index (χ2n) is 16.2. The molecule has 1 aliphatic rings. The van der Waals surface area contributed by atoms with Crippen LogP contribution < -0.4 is 4.90 Å². The first-order valence-corrected chi connectivity index (χ1v) is 21.5. The molecule has 0 amide bonds. The van der Waals surface area contributed by atoms with Gasteiger partial charge in [-0.2, -0.15) is 0 Å². The third kappa shape index (κ3) is 6.37. The van der Waals surface area contributed by atoms with Crippen molar-refractivity contribution in [1.82, 2.24) is 0 Å². The van der Waals surface area contributed by atoms with Crippen molar-refractivity contribution in [2.75, 3.05) is 4.90 Å². The average Bonchev–Trinajstić information content (AvgIpc) is 3.72. The van der Waals surface area contributed by atoms with Gasteiger partial charge in [-0.05, 0) is 87.7 Å². The molecule has 60 heavy (non-hydrogen) atoms. The fourth-order valence-electron chi connectivity index (χ4n) is 9.88. The summed E-state index contributed by atoms with van der Waals surface area (Å²) in [6, 6.07) is 75.3. The van der Waals surface area contributed by atoms with Crippen LogP contribution in [0.5, 0.6) is 0 Å². The van der Waals surface area contributed by atoms with Crippen LogP contribution in [0.15, 0.2) is 211 Å². The summed E-state index contributed by atoms with van der Waals surface area (Å²) in [6.45, 7) is 0. The minimum atomic E-state index is 0.562. The average molecular weight is 772 g/mol. The number of nitrogens with zero attached hydrogens (tertiary/aromatic N) is 1. The summed E-state index contributed by atoms with van der Waals surface area (Å²) in [5.41, 5.74) is 15.9. The maximum absolute atomic E-state index is 6.74. The zero-order chi connectivity index (χ0) is 39.8. The van der Waals surface area contributed by atoms with Gasteiger partial charge < -0.3 is 9.32 Å². The van der Waals surface area contributed by atoms with Gasteiger partial charge in [0.15, 0.2) is 0 Å². The van der Waals surface area contributed by atoms with Crippen LogP contribution in [0.25, 0.3) is 77.2 Å². The van der Waals surface area contributed by atoms with Crippen molar-refractivity contribution in [3.8, 4) is 44.5 Å². The van der Waals surface area contributed by atoms with Crippen molar-refractivity contribution in [1.29, 1.82) is 0 Å². The third-order valence-electron chi connectivity index (χ3n) is 12.7. The van der Waals surface area contributed by atoms with E-state index in [2.05, 4.69) is 205 Å². The predicted molar refractivity (Wildman–Crippen MR) is 253 cm³/mol. The van der Waals surface area contributed by atoms with E-state index < -0.39 is 0 Å². The number of rotatable bonds is 8. The van der Waals surface area contributed by atoms with E-state index in [4.69, 9.17) is 4.42 Å². The molecule has 0 bridgehead atoms. The number of para-hydroxylation sites is 4. The summed E-state index contributed by atoms with van der Waals surface area (Å²) in [7, 11) is 0. The monoisotopic (exact) mass is 771 g/mol. The molecule has 2 nitrogen and oxygen atoms in total. The van der Waals surface area contributed by atoms with Crippen LogP contribution in [0.3, 0.4) is 0 Å². The first-order valence-electron chi connectivity index (χ1n) is 21.5. The van der Waals surface area contributed by atoms with Crippen molar-refractivity contribution in [3.05, 3.63) is 212 Å². The molecule has 1 fully saturated rings. The molecule has 10 aromatic rings. The summed E-state index contributed by atoms with van der Waals surface area (Å²) >= 11 is 0. The Labute approximate surface area is 352 Å². The summed E-state index contributed by atoms with van der Waals surface area (Å²) in [6.07, 6.45) is 6.42. The lowest BCUT2D eigenvalue weighted by atomic mass is 9.80. The maximum atomic E-state index is 6.74. The molecule has 1 aliphatic carbocycles. The Morgan fingerprint density at radius 3 is 1.72 bits per heavy atom. The van der Waals surface area contributed by atoms with E-state index in [1.54, 1.807) is 0 Å². The summed E-state index contributed by atoms with van der Waals surface area (Å²) in [4.78, 5) is 2.52. The highest BCUT2D eigenvalue weighted by atomic mass is 16.3. The number of furan rings is 1. The molecule has 0 atom stereocenters. The van der Waals surface area contributed by atoms with Crippen molar-refractivity contribution in [2.45, 2.75) is 38.0 Å². The highest BCUT2D eigenvalue weighted by Crippen LogP contribution is 2.51. The standard InChI is InChI=1S/C58H45NO/c1-4-19-40(20-5-1)44-37-38-55(52(39-44)42-23-8-3-9-24-42)59(54-35-14-11-28-47(54)50-32-18-33-51-48-29-12-15-36-56(48)60-58(50)51)53-34-13-10-27-46(53)49-31-17-26-43-25-16-30-45(57(43)49)41-21-6-2-7-22-41/h1,3-5,8-20,23-39,41H,2,6-7,21-22H2. The van der Waals surface area contributed by atoms with Gasteiger partial charge in [0.25, 0.3) is 0 Å². The van der Waals surface area contributed by atoms with Crippen LogP contribution in [-0.2, 0) is 0 Å². The highest BCUT2D eigenvalue weighted by molar-refractivity contribution is 6.12. The lowest BCUT2D eigenvalue weighted by molar-refractivity contribution is 0.445. The van der Waals surface area contributed by atoms with E-state index in [-0.39, 0.29) is 0 Å². The van der Waals surface area contributed by atoms with Crippen LogP contribution >= 0.6 is 0 Å². The number of hydrogen-bond donors (Lipinski definition) is 0. The lowest BCUT2D eigenvalue weighted by Gasteiger charge is -2.32. The summed E-state index contributed by atoms with van der Waals surface area (Å²) in [5, 5.41) is 4.92. The van der Waals surface area contributed by atoms with E-state index in [1.165, 1.54) is 70.7 Å². The number of anilines is 3. The Morgan fingerprint density at radius 2 is 0.950 bits per heavy atom. The molecule has 1 saturated carbocycles. The van der Waals surface area contributed by atoms with Crippen molar-refractivity contribution in [3.63, 3.8) is 0 Å². The fraction of sp³-hybridized carbons (Fsp3) is 0.103. The number of fused-ring (bicyclic) bond motifs is 4. The molecule has 9 aromatic carbocycles. The Kier molecular flexibility index (Phi) is 9.32. The molecular weight excluding hydrogens is 727 g/mol. The third-order valence-corrected chi connectivity index (χ3v) is 12.7. The summed E-state index contributed by atoms with van der Waals surface area (Å²) in [5.74, 6) is 0.562. The van der Waals surface area contributed by atoms with Gasteiger partial charge in [-0.3, -0.25) is 0 Å². The van der Waals surface area contributed by atoms with Crippen LogP contribution in [0.1, 0.15) is 43.6 Å². The van der Waals surface area contributed by atoms with Crippen molar-refractivity contribution in [2.24, 2.45) is 0 Å². The van der Waals surface area contributed by atoms with E-state index in [1.807, 2.05) is 6.07 Å². The molecule has 1 aromatic heterocycles. The Morgan fingerprint density at radius 1 is 0.383 bits per heavy atom. The lowest BCUT2D eigenvalue weighted by Crippen LogP contribution is -2.14. The molecule has 288 valence electrons. The quantitative estimate of drug-likeness (QED) is 0.153. The van der Waals surface area contributed by atoms with Gasteiger partial charge in [0.2, 0.25) is 0 Å². The van der Waals surface area contributed by atoms with Gasteiger partial charge >= 0.3 is 0 Å². The Bertz CT molecular complexity index is 3130. The first kappa shape index (κ1) is 36.0. The van der Waals surface area contributed by atoms with Gasteiger partial charge in [0.05, 0.1) is 17.1 Å². The van der Waals surface area contributed by atoms with Gasteiger partial charge in [0.1, 0.15) is 11.2 Å². The largest absolute Gasteiger partial charge is 0.455 e. The molecule has 1 heterocycles. The first-order chi connectivity index (χ1) is 29.8. The summed E-state index contributed by atoms with van der Waals surface area (Å²) < 4.78 is 6.74. The zero-order valence-electron chi connectivity index (χ0n) is 33.6. The molecule has 0 N–H and O–H groups in total. The van der Waals surface area contributed by atoms with Gasteiger partial charge in [-0.1, -0.05) is 195 Å². The fourth-order valence-corrected chi connectivity index (χ4v) is 9.88. The molecule has 0 aliphatic heterocycles. The normalized spacial score (nSPS) is 13.3. The maximum Gasteiger partial charge on any atom is 0.143 e. The van der Waals surface area contributed by atoms with Gasteiger partial charge in [0, 0.05) is 33.0 Å². The van der Waals surface area contributed by atoms with Crippen LogP contribution in [-0.4, -0.2) is 0 Å². The molecule has 0 unspecified atom stereocenters. The predicted octanol–water partition coefficient (Wildman–Crippen LogP) is 16.9. The minimum absolute atomic E-state index is 0.562. The van der Waals surface area contributed by atoms with E-state index in [0.29, 0.717) is 5.92 Å². The number of benzene rings is 9. The second-order valence-corrected chi connectivity index (χ2v) is 16.2. The van der Waals surface area contributed by atoms with E-state index >= 15 is 0 Å². The molecule has 0 saturated heterocycles. The van der Waals surface area contributed by atoms with Gasteiger partial charge in [-0.25, -0.2) is 0 Å². The molecular formula is C58H45NO. The number of hydrogen-bond acceptors (Lipinski definition) is 2. The van der Waals surface area contributed by atoms with Crippen LogP contribution in [0, 0.1) is 0 Å². The van der Waals surface area contributed by atoms with Gasteiger partial charge in [-0.15, -0.1) is 0 Å².